The first-order chi connectivity index (χ1) is 8.49. The topological polar surface area (TPSA) is 58.6 Å². The van der Waals surface area contributed by atoms with Gasteiger partial charge in [0.15, 0.2) is 0 Å². The summed E-state index contributed by atoms with van der Waals surface area (Å²) in [7, 11) is 1.55. The first-order valence-electron chi connectivity index (χ1n) is 5.74. The number of hydrogen-bond acceptors (Lipinski definition) is 3. The van der Waals surface area contributed by atoms with Crippen molar-refractivity contribution < 1.29 is 14.6 Å². The molecule has 5 heteroatoms. The molecule has 1 unspecified atom stereocenters. The predicted molar refractivity (Wildman–Crippen MR) is 73.9 cm³/mol. The van der Waals surface area contributed by atoms with Crippen molar-refractivity contribution >= 4 is 21.8 Å². The lowest BCUT2D eigenvalue weighted by Gasteiger charge is -2.20. The van der Waals surface area contributed by atoms with E-state index in [9.17, 15) is 9.90 Å². The summed E-state index contributed by atoms with van der Waals surface area (Å²) in [5, 5.41) is 12.0. The smallest absolute Gasteiger partial charge is 0.252 e. The number of carbonyl (C=O) groups excluding carboxylic acids is 1. The van der Waals surface area contributed by atoms with Gasteiger partial charge in [0.2, 0.25) is 0 Å². The van der Waals surface area contributed by atoms with Gasteiger partial charge in [-0.25, -0.2) is 0 Å². The highest BCUT2D eigenvalue weighted by atomic mass is 79.9. The van der Waals surface area contributed by atoms with Crippen molar-refractivity contribution in [3.05, 3.63) is 28.2 Å². The van der Waals surface area contributed by atoms with E-state index in [0.29, 0.717) is 15.8 Å². The van der Waals surface area contributed by atoms with Crippen molar-refractivity contribution in [2.75, 3.05) is 13.7 Å². The Morgan fingerprint density at radius 3 is 2.67 bits per heavy atom. The van der Waals surface area contributed by atoms with Gasteiger partial charge in [0, 0.05) is 4.47 Å². The molecule has 100 valence electrons. The molecule has 0 aliphatic carbocycles. The van der Waals surface area contributed by atoms with Gasteiger partial charge in [-0.2, -0.15) is 0 Å². The third kappa shape index (κ3) is 3.71. The molecule has 1 atom stereocenters. The van der Waals surface area contributed by atoms with E-state index in [0.717, 1.165) is 0 Å². The molecule has 2 N–H and O–H groups in total. The van der Waals surface area contributed by atoms with Gasteiger partial charge in [-0.15, -0.1) is 0 Å². The highest BCUT2D eigenvalue weighted by molar-refractivity contribution is 9.10. The van der Waals surface area contributed by atoms with Gasteiger partial charge < -0.3 is 15.2 Å². The van der Waals surface area contributed by atoms with Crippen LogP contribution in [0.3, 0.4) is 0 Å². The second kappa shape index (κ2) is 6.75. The lowest BCUT2D eigenvalue weighted by atomic mass is 10.0. The molecule has 0 heterocycles. The average molecular weight is 316 g/mol. The molecule has 18 heavy (non-hydrogen) atoms. The average Bonchev–Trinajstić information content (AvgIpc) is 2.35. The minimum Gasteiger partial charge on any atom is -0.497 e. The fourth-order valence-electron chi connectivity index (χ4n) is 1.47. The highest BCUT2D eigenvalue weighted by Crippen LogP contribution is 2.22. The molecule has 0 bridgehead atoms. The third-order valence-corrected chi connectivity index (χ3v) is 3.43. The Kier molecular flexibility index (Phi) is 5.62. The van der Waals surface area contributed by atoms with E-state index < -0.39 is 0 Å². The fraction of sp³-hybridized carbons (Fsp3) is 0.462. The molecule has 0 fully saturated rings. The van der Waals surface area contributed by atoms with Crippen LogP contribution in [0.4, 0.5) is 0 Å². The number of methoxy groups -OCH3 is 1. The van der Waals surface area contributed by atoms with Crippen LogP contribution >= 0.6 is 15.9 Å². The van der Waals surface area contributed by atoms with Crippen LogP contribution in [0, 0.1) is 5.92 Å². The number of amides is 1. The lowest BCUT2D eigenvalue weighted by Crippen LogP contribution is -2.41. The molecule has 1 aromatic rings. The summed E-state index contributed by atoms with van der Waals surface area (Å²) in [5.41, 5.74) is 0.494. The maximum Gasteiger partial charge on any atom is 0.252 e. The van der Waals surface area contributed by atoms with Crippen LogP contribution in [0.25, 0.3) is 0 Å². The van der Waals surface area contributed by atoms with Gasteiger partial charge in [-0.05, 0) is 40.0 Å². The minimum absolute atomic E-state index is 0.0784. The van der Waals surface area contributed by atoms with E-state index in [1.165, 1.54) is 0 Å². The molecule has 0 aliphatic rings. The number of carbonyl (C=O) groups is 1. The maximum absolute atomic E-state index is 12.1. The number of hydrogen-bond donors (Lipinski definition) is 2. The number of nitrogens with one attached hydrogen (secondary N) is 1. The van der Waals surface area contributed by atoms with E-state index in [2.05, 4.69) is 21.2 Å². The molecule has 0 aliphatic heterocycles. The molecule has 1 rings (SSSR count). The summed E-state index contributed by atoms with van der Waals surface area (Å²) < 4.78 is 5.78. The van der Waals surface area contributed by atoms with Gasteiger partial charge in [-0.1, -0.05) is 13.8 Å². The number of rotatable bonds is 5. The second-order valence-electron chi connectivity index (χ2n) is 4.35. The normalized spacial score (nSPS) is 12.3. The number of aliphatic hydroxyl groups excluding tert-OH is 1. The Hall–Kier alpha value is -1.07. The highest BCUT2D eigenvalue weighted by Gasteiger charge is 2.18. The van der Waals surface area contributed by atoms with Crippen molar-refractivity contribution in [3.8, 4) is 5.75 Å². The van der Waals surface area contributed by atoms with E-state index in [4.69, 9.17) is 4.74 Å². The van der Waals surface area contributed by atoms with Gasteiger partial charge >= 0.3 is 0 Å². The quantitative estimate of drug-likeness (QED) is 0.875. The molecule has 1 aromatic carbocycles. The molecular weight excluding hydrogens is 298 g/mol. The van der Waals surface area contributed by atoms with Crippen LogP contribution in [0.2, 0.25) is 0 Å². The van der Waals surface area contributed by atoms with Gasteiger partial charge in [-0.3, -0.25) is 4.79 Å². The summed E-state index contributed by atoms with van der Waals surface area (Å²) in [5.74, 6) is 0.560. The second-order valence-corrected chi connectivity index (χ2v) is 5.21. The van der Waals surface area contributed by atoms with Crippen LogP contribution < -0.4 is 10.1 Å². The monoisotopic (exact) mass is 315 g/mol. The van der Waals surface area contributed by atoms with Crippen LogP contribution in [-0.2, 0) is 0 Å². The number of aliphatic hydroxyl groups is 1. The first kappa shape index (κ1) is 15.0. The number of halogens is 1. The van der Waals surface area contributed by atoms with Crippen molar-refractivity contribution in [1.29, 1.82) is 0 Å². The fourth-order valence-corrected chi connectivity index (χ4v) is 1.90. The van der Waals surface area contributed by atoms with Gasteiger partial charge in [0.25, 0.3) is 5.91 Å². The minimum atomic E-state index is -0.254. The Labute approximate surface area is 115 Å². The zero-order chi connectivity index (χ0) is 13.7. The van der Waals surface area contributed by atoms with Gasteiger partial charge in [0.05, 0.1) is 25.3 Å². The molecule has 1 amide bonds. The van der Waals surface area contributed by atoms with Crippen molar-refractivity contribution in [3.63, 3.8) is 0 Å². The predicted octanol–water partition coefficient (Wildman–Crippen LogP) is 2.20. The molecule has 0 aromatic heterocycles. The summed E-state index contributed by atoms with van der Waals surface area (Å²) in [6.07, 6.45) is 0. The molecule has 0 saturated heterocycles. The summed E-state index contributed by atoms with van der Waals surface area (Å²) in [4.78, 5) is 12.1. The maximum atomic E-state index is 12.1. The van der Waals surface area contributed by atoms with E-state index in [1.54, 1.807) is 25.3 Å². The van der Waals surface area contributed by atoms with E-state index in [1.807, 2.05) is 13.8 Å². The number of benzene rings is 1. The van der Waals surface area contributed by atoms with Crippen LogP contribution in [0.5, 0.6) is 5.75 Å². The van der Waals surface area contributed by atoms with Gasteiger partial charge in [0.1, 0.15) is 5.75 Å². The zero-order valence-electron chi connectivity index (χ0n) is 10.7. The molecule has 0 spiro atoms. The Morgan fingerprint density at radius 1 is 1.50 bits per heavy atom. The largest absolute Gasteiger partial charge is 0.497 e. The van der Waals surface area contributed by atoms with Crippen LogP contribution in [0.15, 0.2) is 22.7 Å². The number of ether oxygens (including phenoxy) is 1. The van der Waals surface area contributed by atoms with Crippen molar-refractivity contribution in [2.24, 2.45) is 5.92 Å². The summed E-state index contributed by atoms with van der Waals surface area (Å²) in [6.45, 7) is 3.81. The van der Waals surface area contributed by atoms with Crippen LogP contribution in [-0.4, -0.2) is 30.8 Å². The Bertz CT molecular complexity index is 421. The molecule has 0 saturated carbocycles. The first-order valence-corrected chi connectivity index (χ1v) is 6.54. The molecular formula is C13H18BrNO3. The summed E-state index contributed by atoms with van der Waals surface area (Å²) in [6, 6.07) is 4.94. The van der Waals surface area contributed by atoms with Crippen molar-refractivity contribution in [1.82, 2.24) is 5.32 Å². The third-order valence-electron chi connectivity index (χ3n) is 2.74. The molecule has 0 radical (unpaired) electrons. The summed E-state index contributed by atoms with van der Waals surface area (Å²) >= 11 is 3.33. The Balaban J connectivity index is 2.89. The van der Waals surface area contributed by atoms with E-state index in [-0.39, 0.29) is 24.5 Å². The lowest BCUT2D eigenvalue weighted by molar-refractivity contribution is 0.0895. The van der Waals surface area contributed by atoms with E-state index >= 15 is 0 Å². The standard InChI is InChI=1S/C13H18BrNO3/c1-8(2)12(7-16)15-13(17)10-6-9(18-3)4-5-11(10)14/h4-6,8,12,16H,7H2,1-3H3,(H,15,17). The SMILES string of the molecule is COc1ccc(Br)c(C(=O)NC(CO)C(C)C)c1. The van der Waals surface area contributed by atoms with Crippen molar-refractivity contribution in [2.45, 2.75) is 19.9 Å². The Morgan fingerprint density at radius 2 is 2.17 bits per heavy atom. The molecule has 4 nitrogen and oxygen atoms in total. The zero-order valence-corrected chi connectivity index (χ0v) is 12.3. The van der Waals surface area contributed by atoms with Crippen LogP contribution in [0.1, 0.15) is 24.2 Å².